The zero-order chi connectivity index (χ0) is 13.2. The molecule has 0 atom stereocenters. The minimum atomic E-state index is -0.796. The molecule has 0 fully saturated rings. The molecule has 0 aliphatic rings. The van der Waals surface area contributed by atoms with Crippen LogP contribution in [0.3, 0.4) is 0 Å². The van der Waals surface area contributed by atoms with Crippen LogP contribution in [-0.2, 0) is 7.05 Å². The molecule has 0 unspecified atom stereocenters. The molecule has 90 valence electrons. The van der Waals surface area contributed by atoms with Gasteiger partial charge in [0.25, 0.3) is 11.6 Å². The van der Waals surface area contributed by atoms with Gasteiger partial charge < -0.3 is 9.88 Å². The second kappa shape index (κ2) is 4.29. The Morgan fingerprint density at radius 2 is 2.24 bits per heavy atom. The van der Waals surface area contributed by atoms with Crippen LogP contribution in [0.2, 0.25) is 0 Å². The number of aromatic nitrogens is 1. The highest BCUT2D eigenvalue weighted by molar-refractivity contribution is 5.94. The largest absolute Gasteiger partial charge is 0.340 e. The predicted octanol–water partition coefficient (Wildman–Crippen LogP) is 1.07. The van der Waals surface area contributed by atoms with Crippen LogP contribution in [0.25, 0.3) is 0 Å². The molecule has 1 N–H and O–H groups in total. The quantitative estimate of drug-likeness (QED) is 0.483. The van der Waals surface area contributed by atoms with E-state index in [1.165, 1.54) is 16.8 Å². The summed E-state index contributed by atoms with van der Waals surface area (Å²) in [5.74, 6) is 1.97. The second-order valence-corrected chi connectivity index (χ2v) is 4.18. The molecular weight excluding hydrogens is 222 g/mol. The molecule has 6 nitrogen and oxygen atoms in total. The molecule has 6 heteroatoms. The van der Waals surface area contributed by atoms with Crippen molar-refractivity contribution in [2.45, 2.75) is 19.4 Å². The van der Waals surface area contributed by atoms with Crippen LogP contribution in [0, 0.1) is 22.5 Å². The van der Waals surface area contributed by atoms with Gasteiger partial charge in [0, 0.05) is 13.1 Å². The van der Waals surface area contributed by atoms with Crippen molar-refractivity contribution in [1.29, 1.82) is 0 Å². The van der Waals surface area contributed by atoms with E-state index in [-0.39, 0.29) is 11.4 Å². The molecule has 0 aliphatic carbocycles. The standard InChI is InChI=1S/C11H13N3O3/c1-5-11(2,3)12-10(15)9-6-8(14(16)17)7-13(9)4/h1,6-7H,2-4H3,(H,12,15). The molecule has 0 bridgehead atoms. The lowest BCUT2D eigenvalue weighted by atomic mass is 10.1. The Morgan fingerprint density at radius 3 is 2.65 bits per heavy atom. The van der Waals surface area contributed by atoms with Crippen LogP contribution in [0.15, 0.2) is 12.3 Å². The summed E-state index contributed by atoms with van der Waals surface area (Å²) in [5, 5.41) is 13.2. The number of carbonyl (C=O) groups excluding carboxylic acids is 1. The number of nitrogens with zero attached hydrogens (tertiary/aromatic N) is 2. The van der Waals surface area contributed by atoms with E-state index in [2.05, 4.69) is 11.2 Å². The minimum absolute atomic E-state index is 0.129. The third-order valence-electron chi connectivity index (χ3n) is 2.22. The average Bonchev–Trinajstić information content (AvgIpc) is 2.60. The summed E-state index contributed by atoms with van der Waals surface area (Å²) in [7, 11) is 1.56. The minimum Gasteiger partial charge on any atom is -0.340 e. The van der Waals surface area contributed by atoms with E-state index in [0.717, 1.165) is 0 Å². The van der Waals surface area contributed by atoms with E-state index in [4.69, 9.17) is 6.42 Å². The van der Waals surface area contributed by atoms with Gasteiger partial charge in [-0.25, -0.2) is 0 Å². The number of hydrogen-bond acceptors (Lipinski definition) is 3. The van der Waals surface area contributed by atoms with Gasteiger partial charge >= 0.3 is 0 Å². The van der Waals surface area contributed by atoms with Gasteiger partial charge in [-0.15, -0.1) is 6.42 Å². The first-order valence-corrected chi connectivity index (χ1v) is 4.88. The number of hydrogen-bond donors (Lipinski definition) is 1. The fourth-order valence-electron chi connectivity index (χ4n) is 1.26. The number of carbonyl (C=O) groups is 1. The van der Waals surface area contributed by atoms with Crippen molar-refractivity contribution in [3.05, 3.63) is 28.1 Å². The highest BCUT2D eigenvalue weighted by Gasteiger charge is 2.22. The van der Waals surface area contributed by atoms with Gasteiger partial charge in [-0.3, -0.25) is 14.9 Å². The smallest absolute Gasteiger partial charge is 0.287 e. The second-order valence-electron chi connectivity index (χ2n) is 4.18. The molecule has 1 rings (SSSR count). The Labute approximate surface area is 98.8 Å². The van der Waals surface area contributed by atoms with Crippen molar-refractivity contribution in [3.63, 3.8) is 0 Å². The summed E-state index contributed by atoms with van der Waals surface area (Å²) in [6, 6.07) is 1.21. The average molecular weight is 235 g/mol. The zero-order valence-electron chi connectivity index (χ0n) is 9.85. The lowest BCUT2D eigenvalue weighted by molar-refractivity contribution is -0.384. The van der Waals surface area contributed by atoms with Crippen LogP contribution >= 0.6 is 0 Å². The molecule has 1 heterocycles. The molecule has 0 radical (unpaired) electrons. The van der Waals surface area contributed by atoms with E-state index < -0.39 is 16.4 Å². The summed E-state index contributed by atoms with van der Waals surface area (Å²) in [6.07, 6.45) is 6.52. The molecule has 0 saturated carbocycles. The van der Waals surface area contributed by atoms with Crippen molar-refractivity contribution in [2.75, 3.05) is 0 Å². The Balaban J connectivity index is 2.98. The summed E-state index contributed by atoms with van der Waals surface area (Å²) in [4.78, 5) is 21.8. The van der Waals surface area contributed by atoms with Crippen LogP contribution < -0.4 is 5.32 Å². The van der Waals surface area contributed by atoms with Gasteiger partial charge in [0.1, 0.15) is 5.69 Å². The third kappa shape index (κ3) is 2.84. The molecule has 0 aliphatic heterocycles. The van der Waals surface area contributed by atoms with E-state index in [0.29, 0.717) is 0 Å². The first-order valence-electron chi connectivity index (χ1n) is 4.88. The predicted molar refractivity (Wildman–Crippen MR) is 62.4 cm³/mol. The van der Waals surface area contributed by atoms with E-state index in [1.807, 2.05) is 0 Å². The fraction of sp³-hybridized carbons (Fsp3) is 0.364. The van der Waals surface area contributed by atoms with Gasteiger partial charge in [-0.1, -0.05) is 5.92 Å². The van der Waals surface area contributed by atoms with E-state index >= 15 is 0 Å². The first kappa shape index (κ1) is 12.8. The number of aryl methyl sites for hydroxylation is 1. The topological polar surface area (TPSA) is 77.2 Å². The maximum absolute atomic E-state index is 11.8. The van der Waals surface area contributed by atoms with Crippen molar-refractivity contribution < 1.29 is 9.72 Å². The lowest BCUT2D eigenvalue weighted by Gasteiger charge is -2.19. The van der Waals surface area contributed by atoms with Crippen LogP contribution in [0.5, 0.6) is 0 Å². The SMILES string of the molecule is C#CC(C)(C)NC(=O)c1cc([N+](=O)[O-])cn1C. The molecule has 0 saturated heterocycles. The zero-order valence-corrected chi connectivity index (χ0v) is 9.85. The van der Waals surface area contributed by atoms with Crippen molar-refractivity contribution in [3.8, 4) is 12.3 Å². The normalized spacial score (nSPS) is 10.7. The van der Waals surface area contributed by atoms with Crippen LogP contribution in [0.4, 0.5) is 5.69 Å². The van der Waals surface area contributed by atoms with Crippen molar-refractivity contribution >= 4 is 11.6 Å². The highest BCUT2D eigenvalue weighted by Crippen LogP contribution is 2.15. The van der Waals surface area contributed by atoms with Crippen molar-refractivity contribution in [1.82, 2.24) is 9.88 Å². The highest BCUT2D eigenvalue weighted by atomic mass is 16.6. The molecule has 0 aromatic carbocycles. The monoisotopic (exact) mass is 235 g/mol. The van der Waals surface area contributed by atoms with Gasteiger partial charge in [0.15, 0.2) is 0 Å². The summed E-state index contributed by atoms with van der Waals surface area (Å²) < 4.78 is 1.39. The van der Waals surface area contributed by atoms with Gasteiger partial charge in [0.05, 0.1) is 16.7 Å². The van der Waals surface area contributed by atoms with Crippen LogP contribution in [-0.4, -0.2) is 20.9 Å². The van der Waals surface area contributed by atoms with E-state index in [1.54, 1.807) is 20.9 Å². The van der Waals surface area contributed by atoms with Gasteiger partial charge in [0.2, 0.25) is 0 Å². The maximum Gasteiger partial charge on any atom is 0.287 e. The number of nitro groups is 1. The molecule has 1 aromatic rings. The number of rotatable bonds is 3. The third-order valence-corrected chi connectivity index (χ3v) is 2.22. The van der Waals surface area contributed by atoms with E-state index in [9.17, 15) is 14.9 Å². The molecule has 1 amide bonds. The Bertz CT molecular complexity index is 509. The summed E-state index contributed by atoms with van der Waals surface area (Å²) in [5.41, 5.74) is -0.730. The van der Waals surface area contributed by atoms with Gasteiger partial charge in [-0.2, -0.15) is 0 Å². The summed E-state index contributed by atoms with van der Waals surface area (Å²) in [6.45, 7) is 3.34. The van der Waals surface area contributed by atoms with Crippen molar-refractivity contribution in [2.24, 2.45) is 7.05 Å². The Kier molecular flexibility index (Phi) is 3.23. The first-order chi connectivity index (χ1) is 7.76. The Morgan fingerprint density at radius 1 is 1.65 bits per heavy atom. The number of amides is 1. The molecule has 0 spiro atoms. The number of nitrogens with one attached hydrogen (secondary N) is 1. The number of terminal acetylenes is 1. The Hall–Kier alpha value is -2.29. The molecule has 1 aromatic heterocycles. The maximum atomic E-state index is 11.8. The van der Waals surface area contributed by atoms with Gasteiger partial charge in [-0.05, 0) is 13.8 Å². The molecule has 17 heavy (non-hydrogen) atoms. The summed E-state index contributed by atoms with van der Waals surface area (Å²) >= 11 is 0. The van der Waals surface area contributed by atoms with Crippen LogP contribution in [0.1, 0.15) is 24.3 Å². The fourth-order valence-corrected chi connectivity index (χ4v) is 1.26. The lowest BCUT2D eigenvalue weighted by Crippen LogP contribution is -2.42. The molecular formula is C11H13N3O3.